The molecule has 2 amide bonds. The van der Waals surface area contributed by atoms with Crippen LogP contribution in [0.1, 0.15) is 51.2 Å². The van der Waals surface area contributed by atoms with Crippen LogP contribution in [0, 0.1) is 5.92 Å². The van der Waals surface area contributed by atoms with Crippen LogP contribution in [-0.4, -0.2) is 29.3 Å². The molecule has 1 N–H and O–H groups in total. The van der Waals surface area contributed by atoms with E-state index in [-0.39, 0.29) is 11.8 Å². The number of rotatable bonds is 11. The second-order valence-electron chi connectivity index (χ2n) is 7.94. The zero-order valence-corrected chi connectivity index (χ0v) is 17.9. The van der Waals surface area contributed by atoms with E-state index in [1.807, 2.05) is 67.6 Å². The monoisotopic (exact) mass is 394 g/mol. The summed E-state index contributed by atoms with van der Waals surface area (Å²) < 4.78 is 0. The first-order valence-electron chi connectivity index (χ1n) is 10.7. The maximum absolute atomic E-state index is 13.2. The molecule has 0 saturated carbocycles. The second-order valence-corrected chi connectivity index (χ2v) is 7.94. The molecule has 29 heavy (non-hydrogen) atoms. The summed E-state index contributed by atoms with van der Waals surface area (Å²) in [6.45, 7) is 7.34. The summed E-state index contributed by atoms with van der Waals surface area (Å²) in [5, 5.41) is 3.06. The average Bonchev–Trinajstić information content (AvgIpc) is 2.72. The number of carbonyl (C=O) groups excluding carboxylic acids is 2. The van der Waals surface area contributed by atoms with Gasteiger partial charge in [0.1, 0.15) is 6.04 Å². The van der Waals surface area contributed by atoms with Crippen LogP contribution in [0.25, 0.3) is 0 Å². The minimum absolute atomic E-state index is 0.0243. The number of benzene rings is 2. The molecular formula is C25H34N2O2. The lowest BCUT2D eigenvalue weighted by Crippen LogP contribution is -2.50. The van der Waals surface area contributed by atoms with Gasteiger partial charge in [0.2, 0.25) is 11.8 Å². The fraction of sp³-hybridized carbons (Fsp3) is 0.440. The van der Waals surface area contributed by atoms with Gasteiger partial charge in [-0.1, -0.05) is 81.4 Å². The van der Waals surface area contributed by atoms with E-state index in [2.05, 4.69) is 19.2 Å². The summed E-state index contributed by atoms with van der Waals surface area (Å²) in [6, 6.07) is 19.3. The van der Waals surface area contributed by atoms with Gasteiger partial charge in [-0.3, -0.25) is 9.59 Å². The zero-order chi connectivity index (χ0) is 21.1. The highest BCUT2D eigenvalue weighted by molar-refractivity contribution is 5.88. The highest BCUT2D eigenvalue weighted by Crippen LogP contribution is 2.16. The molecule has 156 valence electrons. The molecule has 1 atom stereocenters. The zero-order valence-electron chi connectivity index (χ0n) is 17.9. The maximum Gasteiger partial charge on any atom is 0.243 e. The van der Waals surface area contributed by atoms with Crippen molar-refractivity contribution in [2.24, 2.45) is 5.92 Å². The van der Waals surface area contributed by atoms with E-state index in [1.54, 1.807) is 4.90 Å². The Bertz CT molecular complexity index is 744. The van der Waals surface area contributed by atoms with Crippen molar-refractivity contribution in [3.05, 3.63) is 71.8 Å². The number of hydrogen-bond donors (Lipinski definition) is 1. The third-order valence-corrected chi connectivity index (χ3v) is 4.95. The summed E-state index contributed by atoms with van der Waals surface area (Å²) in [7, 11) is 0. The highest BCUT2D eigenvalue weighted by Gasteiger charge is 2.29. The first-order valence-corrected chi connectivity index (χ1v) is 10.7. The van der Waals surface area contributed by atoms with Gasteiger partial charge in [0.05, 0.1) is 0 Å². The van der Waals surface area contributed by atoms with E-state index in [9.17, 15) is 9.59 Å². The number of nitrogens with zero attached hydrogens (tertiary/aromatic N) is 1. The molecule has 2 aromatic rings. The Morgan fingerprint density at radius 1 is 0.931 bits per heavy atom. The van der Waals surface area contributed by atoms with Gasteiger partial charge in [0.15, 0.2) is 0 Å². The predicted octanol–water partition coefficient (Wildman–Crippen LogP) is 4.59. The summed E-state index contributed by atoms with van der Waals surface area (Å²) >= 11 is 0. The van der Waals surface area contributed by atoms with Gasteiger partial charge in [0.25, 0.3) is 0 Å². The van der Waals surface area contributed by atoms with Gasteiger partial charge in [-0.2, -0.15) is 0 Å². The molecule has 0 radical (unpaired) electrons. The van der Waals surface area contributed by atoms with Crippen molar-refractivity contribution in [1.82, 2.24) is 10.2 Å². The number of carbonyl (C=O) groups is 2. The van der Waals surface area contributed by atoms with Gasteiger partial charge >= 0.3 is 0 Å². The molecule has 2 aromatic carbocycles. The Morgan fingerprint density at radius 3 is 2.07 bits per heavy atom. The fourth-order valence-corrected chi connectivity index (χ4v) is 3.29. The van der Waals surface area contributed by atoms with Crippen LogP contribution < -0.4 is 5.32 Å². The Balaban J connectivity index is 2.27. The van der Waals surface area contributed by atoms with Crippen molar-refractivity contribution in [2.45, 2.75) is 59.0 Å². The Hall–Kier alpha value is -2.62. The third-order valence-electron chi connectivity index (χ3n) is 4.95. The molecule has 0 aliphatic heterocycles. The third kappa shape index (κ3) is 7.72. The van der Waals surface area contributed by atoms with E-state index < -0.39 is 6.04 Å². The van der Waals surface area contributed by atoms with E-state index in [4.69, 9.17) is 0 Å². The van der Waals surface area contributed by atoms with Crippen LogP contribution in [0.3, 0.4) is 0 Å². The molecule has 0 heterocycles. The van der Waals surface area contributed by atoms with Crippen LogP contribution in [-0.2, 0) is 22.6 Å². The van der Waals surface area contributed by atoms with Gasteiger partial charge in [0, 0.05) is 25.9 Å². The van der Waals surface area contributed by atoms with Crippen molar-refractivity contribution in [3.8, 4) is 0 Å². The SMILES string of the molecule is CCCC(=O)N(Cc1ccccc1)[C@@H](Cc1ccccc1)C(=O)NCCC(C)C. The summed E-state index contributed by atoms with van der Waals surface area (Å²) in [4.78, 5) is 27.9. The normalized spacial score (nSPS) is 11.9. The Kier molecular flexibility index (Phi) is 9.42. The first kappa shape index (κ1) is 22.7. The number of nitrogens with one attached hydrogen (secondary N) is 1. The van der Waals surface area contributed by atoms with E-state index >= 15 is 0 Å². The van der Waals surface area contributed by atoms with Crippen molar-refractivity contribution < 1.29 is 9.59 Å². The predicted molar refractivity (Wildman–Crippen MR) is 118 cm³/mol. The largest absolute Gasteiger partial charge is 0.354 e. The highest BCUT2D eigenvalue weighted by atomic mass is 16.2. The minimum Gasteiger partial charge on any atom is -0.354 e. The lowest BCUT2D eigenvalue weighted by Gasteiger charge is -2.31. The van der Waals surface area contributed by atoms with Crippen LogP contribution >= 0.6 is 0 Å². The molecule has 0 aliphatic rings. The quantitative estimate of drug-likeness (QED) is 0.606. The molecule has 0 unspecified atom stereocenters. The average molecular weight is 395 g/mol. The van der Waals surface area contributed by atoms with Crippen LogP contribution in [0.15, 0.2) is 60.7 Å². The summed E-state index contributed by atoms with van der Waals surface area (Å²) in [6.07, 6.45) is 2.64. The first-order chi connectivity index (χ1) is 14.0. The minimum atomic E-state index is -0.524. The van der Waals surface area contributed by atoms with Gasteiger partial charge in [-0.05, 0) is 29.9 Å². The molecule has 0 aliphatic carbocycles. The lowest BCUT2D eigenvalue weighted by molar-refractivity contribution is -0.141. The summed E-state index contributed by atoms with van der Waals surface area (Å²) in [5.74, 6) is 0.469. The van der Waals surface area contributed by atoms with Crippen molar-refractivity contribution in [2.75, 3.05) is 6.54 Å². The van der Waals surface area contributed by atoms with Crippen LogP contribution in [0.5, 0.6) is 0 Å². The Labute approximate surface area is 175 Å². The molecule has 0 saturated heterocycles. The van der Waals surface area contributed by atoms with Crippen molar-refractivity contribution in [3.63, 3.8) is 0 Å². The fourth-order valence-electron chi connectivity index (χ4n) is 3.29. The van der Waals surface area contributed by atoms with Gasteiger partial charge in [-0.15, -0.1) is 0 Å². The second kappa shape index (κ2) is 12.1. The maximum atomic E-state index is 13.2. The molecule has 0 fully saturated rings. The van der Waals surface area contributed by atoms with Crippen molar-refractivity contribution >= 4 is 11.8 Å². The molecular weight excluding hydrogens is 360 g/mol. The standard InChI is InChI=1S/C25H34N2O2/c1-4-11-24(28)27(19-22-14-9-6-10-15-22)23(18-21-12-7-5-8-13-21)25(29)26-17-16-20(2)3/h5-10,12-15,20,23H,4,11,16-19H2,1-3H3,(H,26,29)/t23-/m0/s1. The molecule has 0 bridgehead atoms. The van der Waals surface area contributed by atoms with Gasteiger partial charge < -0.3 is 10.2 Å². The van der Waals surface area contributed by atoms with E-state index in [0.717, 1.165) is 24.0 Å². The molecule has 4 heteroatoms. The molecule has 2 rings (SSSR count). The molecule has 0 aromatic heterocycles. The smallest absolute Gasteiger partial charge is 0.243 e. The van der Waals surface area contributed by atoms with Crippen LogP contribution in [0.2, 0.25) is 0 Å². The topological polar surface area (TPSA) is 49.4 Å². The number of amides is 2. The van der Waals surface area contributed by atoms with E-state index in [1.165, 1.54) is 0 Å². The van der Waals surface area contributed by atoms with Crippen LogP contribution in [0.4, 0.5) is 0 Å². The van der Waals surface area contributed by atoms with Crippen molar-refractivity contribution in [1.29, 1.82) is 0 Å². The van der Waals surface area contributed by atoms with E-state index in [0.29, 0.717) is 31.8 Å². The molecule has 0 spiro atoms. The Morgan fingerprint density at radius 2 is 1.52 bits per heavy atom. The summed E-state index contributed by atoms with van der Waals surface area (Å²) in [5.41, 5.74) is 2.09. The van der Waals surface area contributed by atoms with Gasteiger partial charge in [-0.25, -0.2) is 0 Å². The lowest BCUT2D eigenvalue weighted by atomic mass is 10.0. The molecule has 4 nitrogen and oxygen atoms in total. The number of hydrogen-bond acceptors (Lipinski definition) is 2.